The second kappa shape index (κ2) is 4.70. The van der Waals surface area contributed by atoms with Crippen LogP contribution in [0.3, 0.4) is 0 Å². The van der Waals surface area contributed by atoms with Crippen LogP contribution in [0.2, 0.25) is 0 Å². The zero-order valence-electron chi connectivity index (χ0n) is 13.6. The number of imidazole rings is 1. The Morgan fingerprint density at radius 3 is 2.23 bits per heavy atom. The highest BCUT2D eigenvalue weighted by molar-refractivity contribution is 6.20. The Morgan fingerprint density at radius 1 is 0.731 bits per heavy atom. The van der Waals surface area contributed by atoms with Gasteiger partial charge in [0, 0.05) is 10.8 Å². The molecule has 26 heavy (non-hydrogen) atoms. The maximum Gasteiger partial charge on any atom is 0.344 e. The fourth-order valence-electron chi connectivity index (χ4n) is 3.91. The minimum absolute atomic E-state index is 0.321. The van der Waals surface area contributed by atoms with E-state index >= 15 is 0 Å². The largest absolute Gasteiger partial charge is 0.421 e. The normalized spacial score (nSPS) is 12.0. The number of benzene rings is 3. The van der Waals surface area contributed by atoms with Crippen molar-refractivity contribution in [2.24, 2.45) is 0 Å². The molecule has 0 saturated carbocycles. The first-order chi connectivity index (χ1) is 12.8. The molecule has 0 atom stereocenters. The van der Waals surface area contributed by atoms with Crippen LogP contribution in [0.1, 0.15) is 0 Å². The van der Waals surface area contributed by atoms with Crippen molar-refractivity contribution in [2.45, 2.75) is 0 Å². The van der Waals surface area contributed by atoms with E-state index in [0.29, 0.717) is 11.0 Å². The second-order valence-corrected chi connectivity index (χ2v) is 6.42. The van der Waals surface area contributed by atoms with Gasteiger partial charge in [-0.15, -0.1) is 0 Å². The van der Waals surface area contributed by atoms with Crippen LogP contribution in [-0.2, 0) is 0 Å². The van der Waals surface area contributed by atoms with E-state index in [1.807, 2.05) is 60.7 Å². The van der Waals surface area contributed by atoms with Crippen molar-refractivity contribution in [1.82, 2.24) is 9.38 Å². The molecule has 4 heteroatoms. The van der Waals surface area contributed by atoms with Gasteiger partial charge in [-0.1, -0.05) is 42.5 Å². The number of nitrogens with zero attached hydrogens (tertiary/aromatic N) is 2. The maximum absolute atomic E-state index is 12.6. The molecular formula is C22H12N2O2. The molecular weight excluding hydrogens is 324 g/mol. The van der Waals surface area contributed by atoms with Crippen molar-refractivity contribution in [3.63, 3.8) is 0 Å². The molecule has 4 nitrogen and oxygen atoms in total. The molecule has 0 spiro atoms. The van der Waals surface area contributed by atoms with Crippen molar-refractivity contribution in [2.75, 3.05) is 0 Å². The van der Waals surface area contributed by atoms with Crippen LogP contribution in [0.15, 0.2) is 82.0 Å². The first-order valence-corrected chi connectivity index (χ1v) is 8.46. The van der Waals surface area contributed by atoms with Crippen molar-refractivity contribution < 1.29 is 4.42 Å². The van der Waals surface area contributed by atoms with Crippen LogP contribution in [0.4, 0.5) is 0 Å². The molecule has 0 unspecified atom stereocenters. The van der Waals surface area contributed by atoms with Gasteiger partial charge in [-0.25, -0.2) is 9.78 Å². The van der Waals surface area contributed by atoms with Gasteiger partial charge in [-0.3, -0.25) is 4.40 Å². The van der Waals surface area contributed by atoms with E-state index in [0.717, 1.165) is 38.4 Å². The lowest BCUT2D eigenvalue weighted by atomic mass is 10.1. The lowest BCUT2D eigenvalue weighted by Crippen LogP contribution is -2.01. The molecule has 0 radical (unpaired) electrons. The Bertz CT molecular complexity index is 1560. The second-order valence-electron chi connectivity index (χ2n) is 6.42. The number of hydrogen-bond donors (Lipinski definition) is 0. The predicted octanol–water partition coefficient (Wildman–Crippen LogP) is 4.90. The summed E-state index contributed by atoms with van der Waals surface area (Å²) in [6.07, 6.45) is 0. The Balaban J connectivity index is 2.10. The number of para-hydroxylation sites is 3. The van der Waals surface area contributed by atoms with Crippen LogP contribution in [0.5, 0.6) is 0 Å². The van der Waals surface area contributed by atoms with Gasteiger partial charge in [-0.05, 0) is 30.3 Å². The zero-order chi connectivity index (χ0) is 17.3. The molecule has 3 heterocycles. The smallest absolute Gasteiger partial charge is 0.344 e. The van der Waals surface area contributed by atoms with Crippen molar-refractivity contribution in [3.05, 3.63) is 83.2 Å². The van der Waals surface area contributed by atoms with E-state index in [2.05, 4.69) is 10.5 Å². The molecule has 6 rings (SSSR count). The SMILES string of the molecule is O=c1oc2c3ccccc3n3c4ccccc4nc3c2c2ccccc12. The summed E-state index contributed by atoms with van der Waals surface area (Å²) in [7, 11) is 0. The molecule has 0 amide bonds. The molecule has 3 aromatic carbocycles. The van der Waals surface area contributed by atoms with E-state index in [1.54, 1.807) is 6.07 Å². The number of aromatic nitrogens is 2. The van der Waals surface area contributed by atoms with Crippen LogP contribution in [0, 0.1) is 0 Å². The summed E-state index contributed by atoms with van der Waals surface area (Å²) >= 11 is 0. The van der Waals surface area contributed by atoms with E-state index < -0.39 is 0 Å². The molecule has 0 aliphatic rings. The van der Waals surface area contributed by atoms with Gasteiger partial charge >= 0.3 is 5.63 Å². The highest BCUT2D eigenvalue weighted by Gasteiger charge is 2.18. The third-order valence-corrected chi connectivity index (χ3v) is 5.01. The minimum atomic E-state index is -0.321. The number of rotatable bonds is 0. The van der Waals surface area contributed by atoms with Gasteiger partial charge in [0.15, 0.2) is 5.58 Å². The van der Waals surface area contributed by atoms with Crippen molar-refractivity contribution in [3.8, 4) is 0 Å². The van der Waals surface area contributed by atoms with Crippen LogP contribution in [0.25, 0.3) is 49.3 Å². The molecule has 0 bridgehead atoms. The molecule has 3 aromatic heterocycles. The van der Waals surface area contributed by atoms with Gasteiger partial charge < -0.3 is 4.42 Å². The summed E-state index contributed by atoms with van der Waals surface area (Å²) in [6, 6.07) is 23.6. The van der Waals surface area contributed by atoms with E-state index in [-0.39, 0.29) is 5.63 Å². The Hall–Kier alpha value is -3.66. The standard InChI is InChI=1S/C22H12N2O2/c25-22-14-8-2-1-7-13(14)19-20(26-22)15-9-3-5-11-17(15)24-18-12-6-4-10-16(18)23-21(19)24/h1-12H. The van der Waals surface area contributed by atoms with Gasteiger partial charge in [0.25, 0.3) is 0 Å². The monoisotopic (exact) mass is 336 g/mol. The van der Waals surface area contributed by atoms with Crippen LogP contribution in [-0.4, -0.2) is 9.38 Å². The number of hydrogen-bond acceptors (Lipinski definition) is 3. The molecule has 0 aliphatic carbocycles. The molecule has 0 aliphatic heterocycles. The quantitative estimate of drug-likeness (QED) is 0.371. The van der Waals surface area contributed by atoms with Gasteiger partial charge in [-0.2, -0.15) is 0 Å². The summed E-state index contributed by atoms with van der Waals surface area (Å²) < 4.78 is 7.94. The highest BCUT2D eigenvalue weighted by atomic mass is 16.4. The summed E-state index contributed by atoms with van der Waals surface area (Å²) in [5.74, 6) is 0. The van der Waals surface area contributed by atoms with Gasteiger partial charge in [0.05, 0.1) is 27.3 Å². The minimum Gasteiger partial charge on any atom is -0.421 e. The van der Waals surface area contributed by atoms with Gasteiger partial charge in [0.2, 0.25) is 0 Å². The van der Waals surface area contributed by atoms with Gasteiger partial charge in [0.1, 0.15) is 5.65 Å². The average Bonchev–Trinajstić information content (AvgIpc) is 3.08. The zero-order valence-corrected chi connectivity index (χ0v) is 13.6. The van der Waals surface area contributed by atoms with E-state index in [4.69, 9.17) is 9.40 Å². The topological polar surface area (TPSA) is 47.5 Å². The van der Waals surface area contributed by atoms with Crippen LogP contribution < -0.4 is 5.63 Å². The highest BCUT2D eigenvalue weighted by Crippen LogP contribution is 2.34. The molecule has 122 valence electrons. The first kappa shape index (κ1) is 13.6. The summed E-state index contributed by atoms with van der Waals surface area (Å²) in [6.45, 7) is 0. The third kappa shape index (κ3) is 1.58. The summed E-state index contributed by atoms with van der Waals surface area (Å²) in [5, 5.41) is 3.21. The van der Waals surface area contributed by atoms with Crippen molar-refractivity contribution >= 4 is 49.3 Å². The predicted molar refractivity (Wildman–Crippen MR) is 104 cm³/mol. The molecule has 0 saturated heterocycles. The van der Waals surface area contributed by atoms with Crippen LogP contribution >= 0.6 is 0 Å². The molecule has 6 aromatic rings. The van der Waals surface area contributed by atoms with E-state index in [1.165, 1.54) is 0 Å². The number of pyridine rings is 1. The lowest BCUT2D eigenvalue weighted by Gasteiger charge is -2.09. The lowest BCUT2D eigenvalue weighted by molar-refractivity contribution is 0.573. The van der Waals surface area contributed by atoms with E-state index in [9.17, 15) is 4.79 Å². The molecule has 0 N–H and O–H groups in total. The summed E-state index contributed by atoms with van der Waals surface area (Å²) in [4.78, 5) is 17.4. The fraction of sp³-hybridized carbons (Fsp3) is 0. The average molecular weight is 336 g/mol. The fourth-order valence-corrected chi connectivity index (χ4v) is 3.91. The number of fused-ring (bicyclic) bond motifs is 10. The first-order valence-electron chi connectivity index (χ1n) is 8.46. The Labute approximate surface area is 146 Å². The van der Waals surface area contributed by atoms with Crippen molar-refractivity contribution in [1.29, 1.82) is 0 Å². The molecule has 0 fully saturated rings. The Morgan fingerprint density at radius 2 is 1.38 bits per heavy atom. The summed E-state index contributed by atoms with van der Waals surface area (Å²) in [5.41, 5.74) is 4.00. The maximum atomic E-state index is 12.6. The third-order valence-electron chi connectivity index (χ3n) is 5.01. The Kier molecular flexibility index (Phi) is 2.46.